The average molecular weight is 665 g/mol. The fourth-order valence-electron chi connectivity index (χ4n) is 5.12. The molecule has 2 aromatic carbocycles. The predicted octanol–water partition coefficient (Wildman–Crippen LogP) is 1.79. The van der Waals surface area contributed by atoms with Crippen LogP contribution in [0.4, 0.5) is 4.79 Å². The number of rotatable bonds is 19. The number of sulfonamides is 1. The first-order chi connectivity index (χ1) is 21.7. The normalized spacial score (nSPS) is 19.0. The molecule has 45 heavy (non-hydrogen) atoms. The largest absolute Gasteiger partial charge is 0.507 e. The second kappa shape index (κ2) is 16.8. The number of phenolic OH excluding ortho intramolecular Hbond substituents is 1. The van der Waals surface area contributed by atoms with Gasteiger partial charge in [-0.1, -0.05) is 36.8 Å². The highest BCUT2D eigenvalue weighted by molar-refractivity contribution is 8.00. The molecule has 2 fully saturated rings. The van der Waals surface area contributed by atoms with Crippen LogP contribution in [-0.4, -0.2) is 101 Å². The fraction of sp³-hybridized carbons (Fsp3) is 0.500. The highest BCUT2D eigenvalue weighted by atomic mass is 32.2. The summed E-state index contributed by atoms with van der Waals surface area (Å²) in [5.41, 5.74) is 0.137. The molecular formula is C30H40N4O9S2. The Morgan fingerprint density at radius 3 is 2.49 bits per heavy atom. The standard InChI is InChI=1S/C30H40N4O9S2/c1-41-24-18-23(35)21(29(37)20-7-3-2-4-8-20)17-26(24)45(39,40)32-12-14-43-16-15-42-13-11-31-27(36)10-6-5-9-25-28-22(19-44-25)33-30(38)34-28/h2-4,7-8,17-18,22,25,28,32,35H,5-6,9-16,19H2,1H3,(H,31,36)(H2,33,34,38)/t22-,25-,28-/m0/s1. The molecule has 15 heteroatoms. The Bertz CT molecular complexity index is 1430. The SMILES string of the molecule is COc1cc(O)c(C(=O)c2ccccc2)cc1S(=O)(=O)NCCOCCOCCNC(=O)CCCC[C@@H]1SC[C@@H]2NC(=O)N[C@@H]21. The van der Waals surface area contributed by atoms with Crippen molar-refractivity contribution >= 4 is 39.5 Å². The topological polar surface area (TPSA) is 181 Å². The van der Waals surface area contributed by atoms with E-state index >= 15 is 0 Å². The maximum Gasteiger partial charge on any atom is 0.315 e. The zero-order chi connectivity index (χ0) is 32.2. The number of urea groups is 1. The maximum atomic E-state index is 13.0. The van der Waals surface area contributed by atoms with Crippen LogP contribution in [0.2, 0.25) is 0 Å². The molecule has 0 unspecified atom stereocenters. The first-order valence-electron chi connectivity index (χ1n) is 14.8. The molecule has 2 saturated heterocycles. The summed E-state index contributed by atoms with van der Waals surface area (Å²) in [6.45, 7) is 1.22. The van der Waals surface area contributed by atoms with Crippen LogP contribution in [-0.2, 0) is 24.3 Å². The molecular weight excluding hydrogens is 624 g/mol. The van der Waals surface area contributed by atoms with E-state index in [4.69, 9.17) is 14.2 Å². The molecule has 0 aromatic heterocycles. The zero-order valence-electron chi connectivity index (χ0n) is 25.1. The number of phenols is 1. The highest BCUT2D eigenvalue weighted by Crippen LogP contribution is 2.34. The average Bonchev–Trinajstić information content (AvgIpc) is 3.59. The van der Waals surface area contributed by atoms with Gasteiger partial charge < -0.3 is 35.3 Å². The van der Waals surface area contributed by atoms with Crippen LogP contribution >= 0.6 is 11.8 Å². The van der Waals surface area contributed by atoms with Crippen LogP contribution in [0.15, 0.2) is 47.4 Å². The van der Waals surface area contributed by atoms with Gasteiger partial charge in [0.1, 0.15) is 16.4 Å². The van der Waals surface area contributed by atoms with Crippen LogP contribution in [0.3, 0.4) is 0 Å². The van der Waals surface area contributed by atoms with Gasteiger partial charge in [0.15, 0.2) is 5.78 Å². The third-order valence-corrected chi connectivity index (χ3v) is 10.4. The third kappa shape index (κ3) is 9.81. The van der Waals surface area contributed by atoms with Crippen molar-refractivity contribution in [3.05, 3.63) is 53.6 Å². The lowest BCUT2D eigenvalue weighted by molar-refractivity contribution is -0.121. The summed E-state index contributed by atoms with van der Waals surface area (Å²) in [5, 5.41) is 19.5. The Kier molecular flexibility index (Phi) is 12.9. The van der Waals surface area contributed by atoms with Gasteiger partial charge in [0.25, 0.3) is 0 Å². The quantitative estimate of drug-likeness (QED) is 0.0844. The van der Waals surface area contributed by atoms with Gasteiger partial charge in [-0.2, -0.15) is 11.8 Å². The lowest BCUT2D eigenvalue weighted by atomic mass is 10.0. The maximum absolute atomic E-state index is 13.0. The van der Waals surface area contributed by atoms with Crippen molar-refractivity contribution in [2.75, 3.05) is 52.4 Å². The highest BCUT2D eigenvalue weighted by Gasteiger charge is 2.42. The summed E-state index contributed by atoms with van der Waals surface area (Å²) in [6, 6.07) is 10.7. The number of carbonyl (C=O) groups is 3. The summed E-state index contributed by atoms with van der Waals surface area (Å²) in [5.74, 6) is -0.130. The van der Waals surface area contributed by atoms with Crippen molar-refractivity contribution in [1.82, 2.24) is 20.7 Å². The van der Waals surface area contributed by atoms with E-state index in [1.54, 1.807) is 30.3 Å². The summed E-state index contributed by atoms with van der Waals surface area (Å²) in [6.07, 6.45) is 3.11. The number of ether oxygens (including phenoxy) is 3. The van der Waals surface area contributed by atoms with E-state index in [0.717, 1.165) is 37.1 Å². The molecule has 13 nitrogen and oxygen atoms in total. The molecule has 0 spiro atoms. The summed E-state index contributed by atoms with van der Waals surface area (Å²) >= 11 is 1.87. The number of aromatic hydroxyl groups is 1. The van der Waals surface area contributed by atoms with Gasteiger partial charge in [-0.25, -0.2) is 17.9 Å². The molecule has 4 rings (SSSR count). The molecule has 3 atom stereocenters. The number of unbranched alkanes of at least 4 members (excludes halogenated alkanes) is 1. The lowest BCUT2D eigenvalue weighted by Gasteiger charge is -2.16. The molecule has 2 aliphatic heterocycles. The second-order valence-electron chi connectivity index (χ2n) is 10.6. The lowest BCUT2D eigenvalue weighted by Crippen LogP contribution is -2.36. The molecule has 2 aromatic rings. The number of fused-ring (bicyclic) bond motifs is 1. The van der Waals surface area contributed by atoms with E-state index in [1.165, 1.54) is 7.11 Å². The number of hydrogen-bond acceptors (Lipinski definition) is 10. The van der Waals surface area contributed by atoms with Crippen molar-refractivity contribution in [3.8, 4) is 11.5 Å². The molecule has 5 N–H and O–H groups in total. The van der Waals surface area contributed by atoms with E-state index in [9.17, 15) is 27.9 Å². The summed E-state index contributed by atoms with van der Waals surface area (Å²) < 4.78 is 44.4. The van der Waals surface area contributed by atoms with Crippen LogP contribution in [0.5, 0.6) is 11.5 Å². The van der Waals surface area contributed by atoms with Crippen molar-refractivity contribution in [2.24, 2.45) is 0 Å². The third-order valence-electron chi connectivity index (χ3n) is 7.41. The van der Waals surface area contributed by atoms with Gasteiger partial charge in [0.05, 0.1) is 51.2 Å². The first-order valence-corrected chi connectivity index (χ1v) is 17.3. The van der Waals surface area contributed by atoms with E-state index in [0.29, 0.717) is 30.4 Å². The van der Waals surface area contributed by atoms with Gasteiger partial charge in [-0.3, -0.25) is 9.59 Å². The van der Waals surface area contributed by atoms with Crippen molar-refractivity contribution < 1.29 is 42.1 Å². The van der Waals surface area contributed by atoms with E-state index in [2.05, 4.69) is 20.7 Å². The van der Waals surface area contributed by atoms with E-state index < -0.39 is 21.6 Å². The molecule has 3 amide bonds. The number of benzene rings is 2. The number of carbonyl (C=O) groups excluding carboxylic acids is 3. The van der Waals surface area contributed by atoms with E-state index in [-0.39, 0.29) is 66.6 Å². The minimum atomic E-state index is -4.10. The number of ketones is 1. The second-order valence-corrected chi connectivity index (χ2v) is 13.6. The van der Waals surface area contributed by atoms with Crippen LogP contribution < -0.4 is 25.4 Å². The van der Waals surface area contributed by atoms with Crippen LogP contribution in [0.1, 0.15) is 41.6 Å². The summed E-state index contributed by atoms with van der Waals surface area (Å²) in [7, 11) is -2.83. The van der Waals surface area contributed by atoms with Gasteiger partial charge in [0.2, 0.25) is 15.9 Å². The Labute approximate surface area is 267 Å². The minimum absolute atomic E-state index is 0.0308. The Balaban J connectivity index is 1.06. The molecule has 0 radical (unpaired) electrons. The number of hydrogen-bond donors (Lipinski definition) is 5. The van der Waals surface area contributed by atoms with Crippen LogP contribution in [0.25, 0.3) is 0 Å². The molecule has 246 valence electrons. The molecule has 0 aliphatic carbocycles. The molecule has 0 saturated carbocycles. The van der Waals surface area contributed by atoms with Crippen LogP contribution in [0, 0.1) is 0 Å². The Morgan fingerprint density at radius 1 is 1.02 bits per heavy atom. The monoisotopic (exact) mass is 664 g/mol. The number of methoxy groups -OCH3 is 1. The molecule has 2 heterocycles. The van der Waals surface area contributed by atoms with Gasteiger partial charge >= 0.3 is 6.03 Å². The number of nitrogens with one attached hydrogen (secondary N) is 4. The smallest absolute Gasteiger partial charge is 0.315 e. The molecule has 0 bridgehead atoms. The predicted molar refractivity (Wildman–Crippen MR) is 168 cm³/mol. The Hall–Kier alpha value is -3.37. The van der Waals surface area contributed by atoms with Crippen molar-refractivity contribution in [1.29, 1.82) is 0 Å². The van der Waals surface area contributed by atoms with E-state index in [1.807, 2.05) is 11.8 Å². The first kappa shape index (κ1) is 34.5. The number of thioether (sulfide) groups is 1. The fourth-order valence-corrected chi connectivity index (χ4v) is 7.85. The number of amides is 3. The van der Waals surface area contributed by atoms with Crippen molar-refractivity contribution in [3.63, 3.8) is 0 Å². The minimum Gasteiger partial charge on any atom is -0.507 e. The summed E-state index contributed by atoms with van der Waals surface area (Å²) in [4.78, 5) is 36.1. The molecule has 2 aliphatic rings. The Morgan fingerprint density at radius 2 is 1.76 bits per heavy atom. The van der Waals surface area contributed by atoms with Gasteiger partial charge in [-0.15, -0.1) is 0 Å². The van der Waals surface area contributed by atoms with Gasteiger partial charge in [-0.05, 0) is 18.9 Å². The van der Waals surface area contributed by atoms with Crippen molar-refractivity contribution in [2.45, 2.75) is 47.9 Å². The van der Waals surface area contributed by atoms with Gasteiger partial charge in [0, 0.05) is 42.1 Å². The zero-order valence-corrected chi connectivity index (χ0v) is 26.7.